The Bertz CT molecular complexity index is 1190. The van der Waals surface area contributed by atoms with Gasteiger partial charge in [-0.2, -0.15) is 10.0 Å². The molecule has 0 aliphatic carbocycles. The SMILES string of the molecule is COC(=O)[C@@H]1C=C[C@H](O[C@@H]2O[C@H](COC(C)=O)[C@@H](OC(C)=O)[C@H](OC(C)=O)[C@H]2OC(C)=O)N(C(=O)OC(C)C)N1C(=O)OC(C)C. The number of hydrazine groups is 1. The molecule has 2 aliphatic rings. The number of carbonyl (C=O) groups excluding carboxylic acids is 7. The zero-order chi connectivity index (χ0) is 34.9. The number of hydrogen-bond donors (Lipinski definition) is 0. The second-order valence-corrected chi connectivity index (χ2v) is 10.5. The topological polar surface area (TPSA) is 209 Å². The van der Waals surface area contributed by atoms with Crippen molar-refractivity contribution in [2.75, 3.05) is 13.7 Å². The molecule has 0 N–H and O–H groups in total. The molecule has 0 bridgehead atoms. The number of ether oxygens (including phenoxy) is 9. The lowest BCUT2D eigenvalue weighted by Gasteiger charge is -2.47. The van der Waals surface area contributed by atoms with Gasteiger partial charge in [0.05, 0.1) is 19.3 Å². The summed E-state index contributed by atoms with van der Waals surface area (Å²) in [5, 5.41) is 1.24. The summed E-state index contributed by atoms with van der Waals surface area (Å²) in [6.07, 6.45) is -10.9. The Balaban J connectivity index is 2.70. The van der Waals surface area contributed by atoms with Crippen LogP contribution in [-0.2, 0) is 66.6 Å². The molecule has 2 heterocycles. The molecule has 18 heteroatoms. The van der Waals surface area contributed by atoms with Crippen molar-refractivity contribution >= 4 is 42.0 Å². The summed E-state index contributed by atoms with van der Waals surface area (Å²) in [4.78, 5) is 87.6. The molecule has 258 valence electrons. The Hall–Kier alpha value is -4.45. The number of carbonyl (C=O) groups is 7. The van der Waals surface area contributed by atoms with Crippen molar-refractivity contribution < 1.29 is 76.2 Å². The van der Waals surface area contributed by atoms with Crippen molar-refractivity contribution in [1.82, 2.24) is 10.0 Å². The molecular formula is C28H40N2O16. The summed E-state index contributed by atoms with van der Waals surface area (Å²) in [5.41, 5.74) is 0. The van der Waals surface area contributed by atoms with Crippen LogP contribution in [0.3, 0.4) is 0 Å². The van der Waals surface area contributed by atoms with Crippen LogP contribution < -0.4 is 0 Å². The van der Waals surface area contributed by atoms with E-state index in [1.807, 2.05) is 0 Å². The van der Waals surface area contributed by atoms with E-state index in [4.69, 9.17) is 42.6 Å². The summed E-state index contributed by atoms with van der Waals surface area (Å²) in [7, 11) is 1.07. The summed E-state index contributed by atoms with van der Waals surface area (Å²) >= 11 is 0. The Morgan fingerprint density at radius 1 is 0.696 bits per heavy atom. The first-order valence-electron chi connectivity index (χ1n) is 14.2. The molecule has 7 atom stereocenters. The molecule has 0 spiro atoms. The normalized spacial score (nSPS) is 25.8. The van der Waals surface area contributed by atoms with Crippen LogP contribution in [0.4, 0.5) is 9.59 Å². The van der Waals surface area contributed by atoms with Gasteiger partial charge in [0.15, 0.2) is 30.6 Å². The Morgan fingerprint density at radius 2 is 1.20 bits per heavy atom. The standard InChI is InChI=1S/C28H40N2O16/c1-13(2)40-27(36)29-19(25(35)38-9)10-11-21(30(29)28(37)41-14(3)4)46-26-24(44-18(8)34)23(43-17(7)33)22(42-16(6)32)20(45-26)12-39-15(5)31/h10-11,13-14,19-24,26H,12H2,1-9H3/t19-,20+,21-,22+,23-,24+,26-/m0/s1. The highest BCUT2D eigenvalue weighted by Crippen LogP contribution is 2.33. The molecule has 1 saturated heterocycles. The van der Waals surface area contributed by atoms with Crippen LogP contribution in [-0.4, -0.2) is 121 Å². The lowest BCUT2D eigenvalue weighted by Crippen LogP contribution is -2.66. The van der Waals surface area contributed by atoms with Crippen molar-refractivity contribution in [3.63, 3.8) is 0 Å². The zero-order valence-corrected chi connectivity index (χ0v) is 27.0. The molecular weight excluding hydrogens is 620 g/mol. The van der Waals surface area contributed by atoms with E-state index in [0.29, 0.717) is 10.0 Å². The van der Waals surface area contributed by atoms with Gasteiger partial charge in [-0.15, -0.1) is 0 Å². The van der Waals surface area contributed by atoms with Gasteiger partial charge in [0.1, 0.15) is 12.7 Å². The highest BCUT2D eigenvalue weighted by Gasteiger charge is 2.55. The van der Waals surface area contributed by atoms with Crippen molar-refractivity contribution in [2.24, 2.45) is 0 Å². The van der Waals surface area contributed by atoms with Gasteiger partial charge in [0.25, 0.3) is 0 Å². The number of rotatable bonds is 10. The maximum atomic E-state index is 13.5. The third kappa shape index (κ3) is 10.3. The van der Waals surface area contributed by atoms with E-state index in [1.54, 1.807) is 0 Å². The fourth-order valence-corrected chi connectivity index (χ4v) is 4.36. The van der Waals surface area contributed by atoms with Crippen molar-refractivity contribution in [1.29, 1.82) is 0 Å². The van der Waals surface area contributed by atoms with Crippen molar-refractivity contribution in [3.05, 3.63) is 12.2 Å². The van der Waals surface area contributed by atoms with Gasteiger partial charge in [-0.1, -0.05) is 0 Å². The molecule has 18 nitrogen and oxygen atoms in total. The van der Waals surface area contributed by atoms with E-state index in [9.17, 15) is 33.6 Å². The van der Waals surface area contributed by atoms with Gasteiger partial charge in [0, 0.05) is 27.7 Å². The zero-order valence-electron chi connectivity index (χ0n) is 27.0. The highest BCUT2D eigenvalue weighted by atomic mass is 16.7. The van der Waals surface area contributed by atoms with Crippen molar-refractivity contribution in [2.45, 2.75) is 111 Å². The average molecular weight is 661 g/mol. The van der Waals surface area contributed by atoms with Crippen molar-refractivity contribution in [3.8, 4) is 0 Å². The third-order valence-electron chi connectivity index (χ3n) is 5.91. The molecule has 0 radical (unpaired) electrons. The molecule has 0 saturated carbocycles. The first-order valence-corrected chi connectivity index (χ1v) is 14.2. The number of esters is 5. The van der Waals surface area contributed by atoms with Gasteiger partial charge in [-0.05, 0) is 39.8 Å². The predicted molar refractivity (Wildman–Crippen MR) is 149 cm³/mol. The van der Waals surface area contributed by atoms with E-state index in [-0.39, 0.29) is 0 Å². The van der Waals surface area contributed by atoms with Crippen LogP contribution in [0, 0.1) is 0 Å². The van der Waals surface area contributed by atoms with Crippen LogP contribution in [0.25, 0.3) is 0 Å². The first-order chi connectivity index (χ1) is 21.5. The molecule has 2 aliphatic heterocycles. The van der Waals surface area contributed by atoms with Crippen LogP contribution in [0.1, 0.15) is 55.4 Å². The van der Waals surface area contributed by atoms with E-state index >= 15 is 0 Å². The third-order valence-corrected chi connectivity index (χ3v) is 5.91. The van der Waals surface area contributed by atoms with E-state index in [2.05, 4.69) is 0 Å². The van der Waals surface area contributed by atoms with Gasteiger partial charge in [-0.3, -0.25) is 19.2 Å². The minimum absolute atomic E-state index is 0.547. The van der Waals surface area contributed by atoms with Crippen LogP contribution in [0.5, 0.6) is 0 Å². The van der Waals surface area contributed by atoms with Gasteiger partial charge >= 0.3 is 42.0 Å². The Labute approximate surface area is 265 Å². The number of amides is 2. The number of methoxy groups -OCH3 is 1. The van der Waals surface area contributed by atoms with Gasteiger partial charge in [0.2, 0.25) is 6.29 Å². The molecule has 0 unspecified atom stereocenters. The number of nitrogens with zero attached hydrogens (tertiary/aromatic N) is 2. The largest absolute Gasteiger partial charge is 0.467 e. The molecule has 1 fully saturated rings. The summed E-state index contributed by atoms with van der Waals surface area (Å²) < 4.78 is 48.7. The Morgan fingerprint density at radius 3 is 1.67 bits per heavy atom. The van der Waals surface area contributed by atoms with Crippen LogP contribution >= 0.6 is 0 Å². The predicted octanol–water partition coefficient (Wildman–Crippen LogP) is 1.13. The maximum absolute atomic E-state index is 13.5. The lowest BCUT2D eigenvalue weighted by atomic mass is 9.98. The summed E-state index contributed by atoms with van der Waals surface area (Å²) in [6.45, 7) is 9.82. The smallest absolute Gasteiger partial charge is 0.431 e. The number of hydrogen-bond acceptors (Lipinski definition) is 16. The van der Waals surface area contributed by atoms with Crippen LogP contribution in [0.2, 0.25) is 0 Å². The molecule has 2 rings (SSSR count). The lowest BCUT2D eigenvalue weighted by molar-refractivity contribution is -0.327. The summed E-state index contributed by atoms with van der Waals surface area (Å²) in [5.74, 6) is -4.31. The summed E-state index contributed by atoms with van der Waals surface area (Å²) in [6, 6.07) is -1.52. The fraction of sp³-hybridized carbons (Fsp3) is 0.679. The second-order valence-electron chi connectivity index (χ2n) is 10.5. The fourth-order valence-electron chi connectivity index (χ4n) is 4.36. The van der Waals surface area contributed by atoms with E-state index in [0.717, 1.165) is 34.8 Å². The first kappa shape index (κ1) is 37.7. The van der Waals surface area contributed by atoms with Gasteiger partial charge < -0.3 is 42.6 Å². The quantitative estimate of drug-likeness (QED) is 0.183. The highest BCUT2D eigenvalue weighted by molar-refractivity contribution is 5.85. The monoisotopic (exact) mass is 660 g/mol. The maximum Gasteiger partial charge on any atom is 0.431 e. The van der Waals surface area contributed by atoms with E-state index in [1.165, 1.54) is 39.8 Å². The molecule has 46 heavy (non-hydrogen) atoms. The second kappa shape index (κ2) is 16.7. The van der Waals surface area contributed by atoms with Gasteiger partial charge in [-0.25, -0.2) is 14.4 Å². The Kier molecular flexibility index (Phi) is 13.7. The molecule has 0 aromatic carbocycles. The minimum atomic E-state index is -1.76. The molecule has 0 aromatic heterocycles. The van der Waals surface area contributed by atoms with Crippen LogP contribution in [0.15, 0.2) is 12.2 Å². The molecule has 2 amide bonds. The molecule has 0 aromatic rings. The van der Waals surface area contributed by atoms with E-state index < -0.39 is 104 Å². The average Bonchev–Trinajstić information content (AvgIpc) is 2.92. The minimum Gasteiger partial charge on any atom is -0.467 e.